The third-order valence-corrected chi connectivity index (χ3v) is 4.53. The summed E-state index contributed by atoms with van der Waals surface area (Å²) >= 11 is 0. The van der Waals surface area contributed by atoms with Gasteiger partial charge in [0.25, 0.3) is 0 Å². The molecule has 1 atom stereocenters. The molecule has 3 aliphatic carbocycles. The van der Waals surface area contributed by atoms with Crippen molar-refractivity contribution in [2.75, 3.05) is 0 Å². The highest BCUT2D eigenvalue weighted by Crippen LogP contribution is 2.45. The van der Waals surface area contributed by atoms with Gasteiger partial charge in [-0.25, -0.2) is 0 Å². The molecule has 0 saturated heterocycles. The van der Waals surface area contributed by atoms with Crippen LogP contribution < -0.4 is 0 Å². The minimum atomic E-state index is 1.000. The zero-order valence-corrected chi connectivity index (χ0v) is 9.36. The first-order valence-electron chi connectivity index (χ1n) is 6.46. The molecule has 0 heterocycles. The van der Waals surface area contributed by atoms with Gasteiger partial charge < -0.3 is 0 Å². The van der Waals surface area contributed by atoms with Gasteiger partial charge in [-0.3, -0.25) is 0 Å². The summed E-state index contributed by atoms with van der Waals surface area (Å²) in [6, 6.07) is 11.1. The van der Waals surface area contributed by atoms with E-state index in [1.807, 2.05) is 0 Å². The van der Waals surface area contributed by atoms with Crippen molar-refractivity contribution in [1.29, 1.82) is 0 Å². The first-order chi connectivity index (χ1) is 7.42. The molecule has 3 aliphatic rings. The number of hydrogen-bond acceptors (Lipinski definition) is 0. The number of rotatable bonds is 2. The lowest BCUT2D eigenvalue weighted by Gasteiger charge is -2.42. The van der Waals surface area contributed by atoms with Gasteiger partial charge in [-0.15, -0.1) is 0 Å². The lowest BCUT2D eigenvalue weighted by atomic mass is 9.63. The quantitative estimate of drug-likeness (QED) is 0.675. The fourth-order valence-corrected chi connectivity index (χ4v) is 3.68. The van der Waals surface area contributed by atoms with Crippen molar-refractivity contribution in [3.05, 3.63) is 35.9 Å². The zero-order chi connectivity index (χ0) is 10.1. The Labute approximate surface area is 92.7 Å². The van der Waals surface area contributed by atoms with Gasteiger partial charge in [0.2, 0.25) is 0 Å². The third kappa shape index (κ3) is 1.95. The van der Waals surface area contributed by atoms with Crippen LogP contribution in [0, 0.1) is 17.8 Å². The van der Waals surface area contributed by atoms with Crippen molar-refractivity contribution in [2.45, 2.75) is 38.5 Å². The van der Waals surface area contributed by atoms with E-state index in [0.29, 0.717) is 0 Å². The molecule has 4 rings (SSSR count). The van der Waals surface area contributed by atoms with Crippen LogP contribution in [0.25, 0.3) is 0 Å². The highest BCUT2D eigenvalue weighted by molar-refractivity contribution is 5.15. The van der Waals surface area contributed by atoms with Crippen LogP contribution in [0.3, 0.4) is 0 Å². The maximum atomic E-state index is 2.29. The molecule has 0 aromatic heterocycles. The van der Waals surface area contributed by atoms with Crippen molar-refractivity contribution >= 4 is 0 Å². The van der Waals surface area contributed by atoms with Crippen LogP contribution in [0.4, 0.5) is 0 Å². The van der Waals surface area contributed by atoms with Crippen LogP contribution in [-0.4, -0.2) is 0 Å². The van der Waals surface area contributed by atoms with Crippen molar-refractivity contribution in [2.24, 2.45) is 17.8 Å². The molecular weight excluding hydrogens is 180 g/mol. The Morgan fingerprint density at radius 1 is 0.933 bits per heavy atom. The van der Waals surface area contributed by atoms with E-state index in [-0.39, 0.29) is 0 Å². The fraction of sp³-hybridized carbons (Fsp3) is 0.600. The Balaban J connectivity index is 1.69. The molecule has 1 aromatic rings. The Hall–Kier alpha value is -0.780. The van der Waals surface area contributed by atoms with E-state index >= 15 is 0 Å². The molecule has 3 fully saturated rings. The normalized spacial score (nSPS) is 34.3. The SMILES string of the molecule is c1ccc(CC2CC3CCC2CC3)cc1. The van der Waals surface area contributed by atoms with Gasteiger partial charge in [0.15, 0.2) is 0 Å². The monoisotopic (exact) mass is 200 g/mol. The first kappa shape index (κ1) is 9.45. The Morgan fingerprint density at radius 2 is 1.67 bits per heavy atom. The van der Waals surface area contributed by atoms with E-state index in [0.717, 1.165) is 17.8 Å². The summed E-state index contributed by atoms with van der Waals surface area (Å²) in [5, 5.41) is 0. The summed E-state index contributed by atoms with van der Waals surface area (Å²) in [6.07, 6.45) is 8.93. The molecule has 1 aromatic carbocycles. The summed E-state index contributed by atoms with van der Waals surface area (Å²) < 4.78 is 0. The van der Waals surface area contributed by atoms with Crippen LogP contribution in [0.1, 0.15) is 37.7 Å². The standard InChI is InChI=1S/C15H20/c1-2-4-12(5-3-1)10-15-11-13-6-8-14(15)9-7-13/h1-5,13-15H,6-11H2. The summed E-state index contributed by atoms with van der Waals surface area (Å²) in [5.41, 5.74) is 1.55. The zero-order valence-electron chi connectivity index (χ0n) is 9.36. The fourth-order valence-electron chi connectivity index (χ4n) is 3.68. The Kier molecular flexibility index (Phi) is 2.52. The maximum Gasteiger partial charge on any atom is -0.0248 e. The van der Waals surface area contributed by atoms with Crippen LogP contribution >= 0.6 is 0 Å². The van der Waals surface area contributed by atoms with E-state index in [9.17, 15) is 0 Å². The van der Waals surface area contributed by atoms with Gasteiger partial charge in [-0.2, -0.15) is 0 Å². The minimum Gasteiger partial charge on any atom is -0.0622 e. The topological polar surface area (TPSA) is 0 Å². The number of benzene rings is 1. The van der Waals surface area contributed by atoms with Gasteiger partial charge >= 0.3 is 0 Å². The van der Waals surface area contributed by atoms with Gasteiger partial charge in [-0.05, 0) is 49.0 Å². The molecule has 0 aliphatic heterocycles. The van der Waals surface area contributed by atoms with Crippen molar-refractivity contribution in [3.63, 3.8) is 0 Å². The second-order valence-electron chi connectivity index (χ2n) is 5.47. The molecule has 0 N–H and O–H groups in total. The third-order valence-electron chi connectivity index (χ3n) is 4.53. The smallest absolute Gasteiger partial charge is 0.0248 e. The van der Waals surface area contributed by atoms with Crippen molar-refractivity contribution < 1.29 is 0 Å². The van der Waals surface area contributed by atoms with Gasteiger partial charge in [-0.1, -0.05) is 43.2 Å². The van der Waals surface area contributed by atoms with Crippen LogP contribution in [-0.2, 0) is 6.42 Å². The van der Waals surface area contributed by atoms with Gasteiger partial charge in [0, 0.05) is 0 Å². The summed E-state index contributed by atoms with van der Waals surface area (Å²) in [5.74, 6) is 3.12. The average molecular weight is 200 g/mol. The van der Waals surface area contributed by atoms with E-state index in [1.165, 1.54) is 38.5 Å². The van der Waals surface area contributed by atoms with E-state index in [1.54, 1.807) is 5.56 Å². The molecular formula is C15H20. The molecule has 2 bridgehead atoms. The highest BCUT2D eigenvalue weighted by atomic mass is 14.4. The van der Waals surface area contributed by atoms with Crippen LogP contribution in [0.15, 0.2) is 30.3 Å². The van der Waals surface area contributed by atoms with E-state index < -0.39 is 0 Å². The van der Waals surface area contributed by atoms with E-state index in [4.69, 9.17) is 0 Å². The summed E-state index contributed by atoms with van der Waals surface area (Å²) in [4.78, 5) is 0. The van der Waals surface area contributed by atoms with Gasteiger partial charge in [0.1, 0.15) is 0 Å². The van der Waals surface area contributed by atoms with Crippen LogP contribution in [0.2, 0.25) is 0 Å². The molecule has 0 heteroatoms. The molecule has 0 nitrogen and oxygen atoms in total. The number of hydrogen-bond donors (Lipinski definition) is 0. The minimum absolute atomic E-state index is 1.000. The van der Waals surface area contributed by atoms with Crippen LogP contribution in [0.5, 0.6) is 0 Å². The van der Waals surface area contributed by atoms with Crippen molar-refractivity contribution in [3.8, 4) is 0 Å². The van der Waals surface area contributed by atoms with Crippen molar-refractivity contribution in [1.82, 2.24) is 0 Å². The predicted octanol–water partition coefficient (Wildman–Crippen LogP) is 4.06. The van der Waals surface area contributed by atoms with Gasteiger partial charge in [0.05, 0.1) is 0 Å². The average Bonchev–Trinajstić information content (AvgIpc) is 2.32. The number of fused-ring (bicyclic) bond motifs is 3. The molecule has 80 valence electrons. The summed E-state index contributed by atoms with van der Waals surface area (Å²) in [7, 11) is 0. The largest absolute Gasteiger partial charge is 0.0622 e. The van der Waals surface area contributed by atoms with E-state index in [2.05, 4.69) is 30.3 Å². The molecule has 1 unspecified atom stereocenters. The molecule has 0 radical (unpaired) electrons. The highest BCUT2D eigenvalue weighted by Gasteiger charge is 2.35. The Morgan fingerprint density at radius 3 is 2.27 bits per heavy atom. The molecule has 0 spiro atoms. The lowest BCUT2D eigenvalue weighted by Crippen LogP contribution is -2.32. The lowest BCUT2D eigenvalue weighted by molar-refractivity contribution is 0.0991. The Bertz CT molecular complexity index is 306. The second-order valence-corrected chi connectivity index (χ2v) is 5.47. The molecule has 0 amide bonds. The second kappa shape index (κ2) is 4.00. The predicted molar refractivity (Wildman–Crippen MR) is 63.7 cm³/mol. The summed E-state index contributed by atoms with van der Waals surface area (Å²) in [6.45, 7) is 0. The molecule has 3 saturated carbocycles. The molecule has 15 heavy (non-hydrogen) atoms. The maximum absolute atomic E-state index is 2.29. The first-order valence-corrected chi connectivity index (χ1v) is 6.46.